The van der Waals surface area contributed by atoms with E-state index in [9.17, 15) is 9.90 Å². The van der Waals surface area contributed by atoms with Crippen LogP contribution in [0.4, 0.5) is 0 Å². The molecule has 0 aliphatic heterocycles. The van der Waals surface area contributed by atoms with Crippen molar-refractivity contribution >= 4 is 17.3 Å². The van der Waals surface area contributed by atoms with Crippen LogP contribution < -0.4 is 0 Å². The lowest BCUT2D eigenvalue weighted by atomic mass is 10.0. The third-order valence-corrected chi connectivity index (χ3v) is 6.44. The number of benzene rings is 1. The van der Waals surface area contributed by atoms with Crippen LogP contribution in [0.3, 0.4) is 0 Å². The van der Waals surface area contributed by atoms with E-state index < -0.39 is 17.7 Å². The lowest BCUT2D eigenvalue weighted by Crippen LogP contribution is -2.33. The molecule has 0 bridgehead atoms. The summed E-state index contributed by atoms with van der Waals surface area (Å²) in [5.74, 6) is 5.83. The molecule has 1 saturated carbocycles. The van der Waals surface area contributed by atoms with Crippen molar-refractivity contribution in [3.8, 4) is 23.0 Å². The molecule has 2 aromatic rings. The van der Waals surface area contributed by atoms with Gasteiger partial charge < -0.3 is 9.84 Å². The second-order valence-corrected chi connectivity index (χ2v) is 8.30. The Labute approximate surface area is 177 Å². The third kappa shape index (κ3) is 5.27. The molecule has 3 rings (SSSR count). The Bertz CT molecular complexity index is 855. The molecule has 0 saturated heterocycles. The Morgan fingerprint density at radius 1 is 1.21 bits per heavy atom. The van der Waals surface area contributed by atoms with Crippen LogP contribution in [0, 0.1) is 11.8 Å². The van der Waals surface area contributed by atoms with E-state index in [0.29, 0.717) is 11.4 Å². The Balaban J connectivity index is 1.74. The second-order valence-electron chi connectivity index (χ2n) is 7.35. The van der Waals surface area contributed by atoms with Crippen molar-refractivity contribution in [2.45, 2.75) is 51.2 Å². The molecular weight excluding hydrogens is 382 g/mol. The average Bonchev–Trinajstić information content (AvgIpc) is 3.41. The predicted molar refractivity (Wildman–Crippen MR) is 118 cm³/mol. The summed E-state index contributed by atoms with van der Waals surface area (Å²) in [4.78, 5) is 15.7. The minimum absolute atomic E-state index is 0.608. The fourth-order valence-electron chi connectivity index (χ4n) is 3.70. The van der Waals surface area contributed by atoms with Crippen molar-refractivity contribution in [1.82, 2.24) is 4.90 Å². The highest BCUT2D eigenvalue weighted by molar-refractivity contribution is 7.10. The molecule has 29 heavy (non-hydrogen) atoms. The summed E-state index contributed by atoms with van der Waals surface area (Å²) in [5.41, 5.74) is 1.08. The highest BCUT2D eigenvalue weighted by Crippen LogP contribution is 2.37. The second kappa shape index (κ2) is 10.1. The molecule has 4 nitrogen and oxygen atoms in total. The molecule has 0 radical (unpaired) electrons. The molecule has 1 atom stereocenters. The quantitative estimate of drug-likeness (QED) is 0.532. The summed E-state index contributed by atoms with van der Waals surface area (Å²) >= 11 is 1.37. The number of ether oxygens (including phenoxy) is 1. The minimum Gasteiger partial charge on any atom is -0.444 e. The van der Waals surface area contributed by atoms with Gasteiger partial charge in [0.15, 0.2) is 11.7 Å². The van der Waals surface area contributed by atoms with Gasteiger partial charge in [-0.05, 0) is 61.3 Å². The molecular formula is C24H29NO3S. The van der Waals surface area contributed by atoms with E-state index in [1.807, 2.05) is 41.8 Å². The normalized spacial score (nSPS) is 16.3. The highest BCUT2D eigenvalue weighted by Gasteiger charge is 2.38. The van der Waals surface area contributed by atoms with Gasteiger partial charge in [0.1, 0.15) is 0 Å². The number of aliphatic hydroxyl groups excluding tert-OH is 1. The molecule has 1 N–H and O–H groups in total. The largest absolute Gasteiger partial charge is 0.444 e. The zero-order valence-corrected chi connectivity index (χ0v) is 18.0. The summed E-state index contributed by atoms with van der Waals surface area (Å²) in [5, 5.41) is 12.7. The highest BCUT2D eigenvalue weighted by atomic mass is 32.1. The van der Waals surface area contributed by atoms with Gasteiger partial charge in [0.05, 0.1) is 11.4 Å². The molecule has 1 aliphatic rings. The minimum atomic E-state index is -1.30. The lowest BCUT2D eigenvalue weighted by Gasteiger charge is -2.25. The van der Waals surface area contributed by atoms with E-state index in [-0.39, 0.29) is 0 Å². The third-order valence-electron chi connectivity index (χ3n) is 5.47. The first kappa shape index (κ1) is 21.6. The van der Waals surface area contributed by atoms with Gasteiger partial charge in [-0.3, -0.25) is 4.90 Å². The van der Waals surface area contributed by atoms with Gasteiger partial charge in [0.25, 0.3) is 0 Å². The van der Waals surface area contributed by atoms with Gasteiger partial charge in [0, 0.05) is 0 Å². The zero-order chi connectivity index (χ0) is 20.7. The van der Waals surface area contributed by atoms with Crippen molar-refractivity contribution in [3.05, 3.63) is 46.7 Å². The molecule has 1 aromatic heterocycles. The Morgan fingerprint density at radius 2 is 1.90 bits per heavy atom. The number of thiophene rings is 1. The molecule has 1 heterocycles. The number of rotatable bonds is 7. The number of aliphatic hydroxyl groups is 1. The van der Waals surface area contributed by atoms with Gasteiger partial charge in [-0.2, -0.15) is 0 Å². The number of nitrogens with zero attached hydrogens (tertiary/aromatic N) is 1. The molecule has 1 unspecified atom stereocenters. The zero-order valence-electron chi connectivity index (χ0n) is 17.2. The monoisotopic (exact) mass is 411 g/mol. The van der Waals surface area contributed by atoms with E-state index in [1.165, 1.54) is 11.3 Å². The fourth-order valence-corrected chi connectivity index (χ4v) is 4.59. The van der Waals surface area contributed by atoms with Crippen molar-refractivity contribution in [2.75, 3.05) is 19.6 Å². The first-order valence-corrected chi connectivity index (χ1v) is 11.2. The van der Waals surface area contributed by atoms with E-state index in [4.69, 9.17) is 4.74 Å². The van der Waals surface area contributed by atoms with E-state index in [1.54, 1.807) is 0 Å². The van der Waals surface area contributed by atoms with Crippen molar-refractivity contribution in [2.24, 2.45) is 0 Å². The molecule has 1 fully saturated rings. The van der Waals surface area contributed by atoms with Gasteiger partial charge in [-0.25, -0.2) is 4.79 Å². The van der Waals surface area contributed by atoms with Crippen LogP contribution in [-0.4, -0.2) is 41.2 Å². The van der Waals surface area contributed by atoms with Crippen LogP contribution in [0.2, 0.25) is 0 Å². The maximum absolute atomic E-state index is 12.9. The molecule has 0 amide bonds. The summed E-state index contributed by atoms with van der Waals surface area (Å²) in [6, 6.07) is 11.7. The number of carbonyl (C=O) groups is 1. The molecule has 5 heteroatoms. The summed E-state index contributed by atoms with van der Waals surface area (Å²) < 4.78 is 5.85. The number of esters is 1. The Morgan fingerprint density at radius 3 is 2.55 bits per heavy atom. The lowest BCUT2D eigenvalue weighted by molar-refractivity contribution is -0.164. The van der Waals surface area contributed by atoms with Crippen LogP contribution in [0.25, 0.3) is 11.1 Å². The van der Waals surface area contributed by atoms with Crippen LogP contribution in [0.1, 0.15) is 50.5 Å². The summed E-state index contributed by atoms with van der Waals surface area (Å²) in [7, 11) is 0. The van der Waals surface area contributed by atoms with E-state index in [2.05, 4.69) is 30.6 Å². The fraction of sp³-hybridized carbons (Fsp3) is 0.458. The van der Waals surface area contributed by atoms with Crippen molar-refractivity contribution in [3.63, 3.8) is 0 Å². The molecule has 1 aromatic carbocycles. The van der Waals surface area contributed by atoms with Gasteiger partial charge in [0.2, 0.25) is 0 Å². The maximum Gasteiger partial charge on any atom is 0.342 e. The first-order valence-electron chi connectivity index (χ1n) is 10.3. The SMILES string of the molecule is CCN(CC)CC#CC1(OC(=O)C(O)c2sccc2-c2ccccc2)CCCC1. The standard InChI is InChI=1S/C24H29NO3S/c1-3-25(4-2)17-10-16-24(14-8-9-15-24)28-23(27)21(26)22-20(13-18-29-22)19-11-6-5-7-12-19/h5-7,11-13,18,21,26H,3-4,8-9,14-15,17H2,1-2H3. The van der Waals surface area contributed by atoms with Crippen molar-refractivity contribution < 1.29 is 14.6 Å². The number of hydrogen-bond donors (Lipinski definition) is 1. The van der Waals surface area contributed by atoms with Crippen LogP contribution in [-0.2, 0) is 9.53 Å². The number of carbonyl (C=O) groups excluding carboxylic acids is 1. The molecule has 1 aliphatic carbocycles. The smallest absolute Gasteiger partial charge is 0.342 e. The maximum atomic E-state index is 12.9. The van der Waals surface area contributed by atoms with E-state index >= 15 is 0 Å². The summed E-state index contributed by atoms with van der Waals surface area (Å²) in [6.07, 6.45) is 2.13. The predicted octanol–water partition coefficient (Wildman–Crippen LogP) is 4.65. The van der Waals surface area contributed by atoms with Gasteiger partial charge >= 0.3 is 5.97 Å². The van der Waals surface area contributed by atoms with Crippen molar-refractivity contribution in [1.29, 1.82) is 0 Å². The van der Waals surface area contributed by atoms with Gasteiger partial charge in [-0.15, -0.1) is 11.3 Å². The van der Waals surface area contributed by atoms with Crippen LogP contribution in [0.5, 0.6) is 0 Å². The molecule has 0 spiro atoms. The Kier molecular flexibility index (Phi) is 7.49. The number of hydrogen-bond acceptors (Lipinski definition) is 5. The molecule has 154 valence electrons. The topological polar surface area (TPSA) is 49.8 Å². The van der Waals surface area contributed by atoms with Gasteiger partial charge in [-0.1, -0.05) is 56.0 Å². The first-order chi connectivity index (χ1) is 14.1. The summed E-state index contributed by atoms with van der Waals surface area (Å²) in [6.45, 7) is 6.77. The van der Waals surface area contributed by atoms with Crippen LogP contribution in [0.15, 0.2) is 41.8 Å². The van der Waals surface area contributed by atoms with Crippen LogP contribution >= 0.6 is 11.3 Å². The van der Waals surface area contributed by atoms with E-state index in [0.717, 1.165) is 49.9 Å². The Hall–Kier alpha value is -2.13. The average molecular weight is 412 g/mol.